The average Bonchev–Trinajstić information content (AvgIpc) is 3.40. The van der Waals surface area contributed by atoms with E-state index >= 15 is 0 Å². The molecule has 0 bridgehead atoms. The van der Waals surface area contributed by atoms with E-state index in [-0.39, 0.29) is 31.1 Å². The highest BCUT2D eigenvalue weighted by Crippen LogP contribution is 2.14. The van der Waals surface area contributed by atoms with Gasteiger partial charge in [0.25, 0.3) is 0 Å². The summed E-state index contributed by atoms with van der Waals surface area (Å²) in [4.78, 5) is 38.0. The number of carbonyl (C=O) groups is 3. The van der Waals surface area contributed by atoms with Gasteiger partial charge in [-0.25, -0.2) is 0 Å². The normalized spacial score (nSPS) is 13.0. The third kappa shape index (κ3) is 58.7. The summed E-state index contributed by atoms with van der Waals surface area (Å²) in [6.07, 6.45) is 85.0. The van der Waals surface area contributed by atoms with Crippen molar-refractivity contribution in [3.05, 3.63) is 122 Å². The molecule has 74 heavy (non-hydrogen) atoms. The van der Waals surface area contributed by atoms with Crippen molar-refractivity contribution in [2.45, 2.75) is 277 Å². The first-order chi connectivity index (χ1) is 36.5. The Balaban J connectivity index is 4.21. The highest BCUT2D eigenvalue weighted by Gasteiger charge is 2.19. The molecule has 0 aliphatic carbocycles. The third-order valence-corrected chi connectivity index (χ3v) is 12.7. The maximum absolute atomic E-state index is 12.8. The van der Waals surface area contributed by atoms with Crippen molar-refractivity contribution in [1.29, 1.82) is 0 Å². The first kappa shape index (κ1) is 69.8. The minimum atomic E-state index is -0.788. The van der Waals surface area contributed by atoms with E-state index in [2.05, 4.69) is 142 Å². The van der Waals surface area contributed by atoms with E-state index in [1.165, 1.54) is 96.3 Å². The van der Waals surface area contributed by atoms with E-state index < -0.39 is 6.10 Å². The van der Waals surface area contributed by atoms with Gasteiger partial charge in [-0.2, -0.15) is 0 Å². The Hall–Kier alpha value is -4.19. The van der Waals surface area contributed by atoms with Gasteiger partial charge in [-0.1, -0.05) is 258 Å². The van der Waals surface area contributed by atoms with E-state index in [1.807, 2.05) is 0 Å². The Morgan fingerprint density at radius 2 is 0.527 bits per heavy atom. The standard InChI is InChI=1S/C68H112O6/c1-4-7-10-13-16-18-20-22-24-26-28-29-30-31-32-33-34-35-36-37-38-39-40-42-43-45-47-49-52-55-58-61-67(70)73-64-65(63-72-66(69)60-57-54-51-15-12-9-6-3)74-68(71)62-59-56-53-50-48-46-44-41-27-25-23-21-19-17-14-11-8-5-2/h7,10,16,18-19,21-22,24-25,27-29,31-32,34-35,37-38,40,42,65H,4-6,8-9,11-15,17,20,23,26,30,33,36,39,41,43-64H2,1-3H3/b10-7-,18-16-,21-19-,24-22-,27-25-,29-28-,32-31-,35-34-,38-37-,42-40-. The summed E-state index contributed by atoms with van der Waals surface area (Å²) in [5.74, 6) is -0.917. The molecule has 0 radical (unpaired) electrons. The molecule has 0 saturated heterocycles. The van der Waals surface area contributed by atoms with Gasteiger partial charge >= 0.3 is 17.9 Å². The van der Waals surface area contributed by atoms with E-state index in [0.29, 0.717) is 19.3 Å². The fourth-order valence-corrected chi connectivity index (χ4v) is 8.13. The van der Waals surface area contributed by atoms with Gasteiger partial charge in [0, 0.05) is 19.3 Å². The Bertz CT molecular complexity index is 1550. The zero-order valence-electron chi connectivity index (χ0n) is 48.1. The van der Waals surface area contributed by atoms with Crippen molar-refractivity contribution in [3.8, 4) is 0 Å². The Labute approximate surface area is 456 Å². The van der Waals surface area contributed by atoms with Crippen LogP contribution in [0.1, 0.15) is 271 Å². The van der Waals surface area contributed by atoms with Gasteiger partial charge in [-0.05, 0) is 116 Å². The molecule has 0 heterocycles. The van der Waals surface area contributed by atoms with Crippen molar-refractivity contribution in [3.63, 3.8) is 0 Å². The van der Waals surface area contributed by atoms with E-state index in [4.69, 9.17) is 14.2 Å². The fraction of sp³-hybridized carbons (Fsp3) is 0.662. The summed E-state index contributed by atoms with van der Waals surface area (Å²) in [5, 5.41) is 0. The highest BCUT2D eigenvalue weighted by atomic mass is 16.6. The molecule has 0 aliphatic rings. The van der Waals surface area contributed by atoms with Crippen molar-refractivity contribution in [2.24, 2.45) is 0 Å². The molecule has 0 N–H and O–H groups in total. The lowest BCUT2D eigenvalue weighted by molar-refractivity contribution is -0.167. The molecule has 0 rings (SSSR count). The number of hydrogen-bond donors (Lipinski definition) is 0. The predicted molar refractivity (Wildman–Crippen MR) is 320 cm³/mol. The lowest BCUT2D eigenvalue weighted by Gasteiger charge is -2.18. The summed E-state index contributed by atoms with van der Waals surface area (Å²) >= 11 is 0. The lowest BCUT2D eigenvalue weighted by Crippen LogP contribution is -2.30. The topological polar surface area (TPSA) is 78.9 Å². The van der Waals surface area contributed by atoms with E-state index in [0.717, 1.165) is 135 Å². The molecule has 0 aliphatic heterocycles. The summed E-state index contributed by atoms with van der Waals surface area (Å²) in [6, 6.07) is 0. The van der Waals surface area contributed by atoms with E-state index in [1.54, 1.807) is 0 Å². The Morgan fingerprint density at radius 3 is 0.838 bits per heavy atom. The van der Waals surface area contributed by atoms with Gasteiger partial charge in [-0.15, -0.1) is 0 Å². The largest absolute Gasteiger partial charge is 0.462 e. The van der Waals surface area contributed by atoms with Crippen LogP contribution in [0.3, 0.4) is 0 Å². The molecule has 0 aromatic carbocycles. The van der Waals surface area contributed by atoms with Crippen LogP contribution >= 0.6 is 0 Å². The quantitative estimate of drug-likeness (QED) is 0.0261. The lowest BCUT2D eigenvalue weighted by atomic mass is 10.1. The maximum Gasteiger partial charge on any atom is 0.306 e. The molecule has 0 saturated carbocycles. The number of hydrogen-bond acceptors (Lipinski definition) is 6. The second kappa shape index (κ2) is 61.4. The van der Waals surface area contributed by atoms with Crippen molar-refractivity contribution in [2.75, 3.05) is 13.2 Å². The summed E-state index contributed by atoms with van der Waals surface area (Å²) in [5.41, 5.74) is 0. The third-order valence-electron chi connectivity index (χ3n) is 12.7. The van der Waals surface area contributed by atoms with Crippen LogP contribution in [0.25, 0.3) is 0 Å². The van der Waals surface area contributed by atoms with Gasteiger partial charge in [0.15, 0.2) is 6.10 Å². The fourth-order valence-electron chi connectivity index (χ4n) is 8.13. The molecule has 6 nitrogen and oxygen atoms in total. The number of unbranched alkanes of at least 4 members (excludes halogenated alkanes) is 23. The van der Waals surface area contributed by atoms with Crippen LogP contribution in [0.15, 0.2) is 122 Å². The second-order valence-electron chi connectivity index (χ2n) is 19.9. The number of rotatable bonds is 54. The van der Waals surface area contributed by atoms with Crippen LogP contribution in [0.2, 0.25) is 0 Å². The molecule has 6 heteroatoms. The van der Waals surface area contributed by atoms with Crippen molar-refractivity contribution in [1.82, 2.24) is 0 Å². The minimum absolute atomic E-state index is 0.0870. The second-order valence-corrected chi connectivity index (χ2v) is 19.9. The van der Waals surface area contributed by atoms with Crippen LogP contribution in [0.4, 0.5) is 0 Å². The van der Waals surface area contributed by atoms with Crippen LogP contribution < -0.4 is 0 Å². The molecule has 0 aromatic rings. The molecular formula is C68H112O6. The molecule has 1 atom stereocenters. The molecule has 0 aromatic heterocycles. The molecular weight excluding hydrogens is 913 g/mol. The van der Waals surface area contributed by atoms with Crippen LogP contribution in [0.5, 0.6) is 0 Å². The van der Waals surface area contributed by atoms with Gasteiger partial charge in [0.05, 0.1) is 0 Å². The SMILES string of the molecule is CC/C=C\C/C=C\C/C=C\C/C=C\C/C=C\C/C=C\C/C=C\C/C=C\CCCCCCCCC(=O)OCC(COC(=O)CCCCCCCCC)OC(=O)CCCCCCCCC/C=C\C/C=C\CCCCCC. The van der Waals surface area contributed by atoms with Gasteiger partial charge < -0.3 is 14.2 Å². The zero-order chi connectivity index (χ0) is 53.6. The average molecular weight is 1030 g/mol. The van der Waals surface area contributed by atoms with E-state index in [9.17, 15) is 14.4 Å². The zero-order valence-corrected chi connectivity index (χ0v) is 48.1. The molecule has 0 spiro atoms. The molecule has 0 amide bonds. The first-order valence-electron chi connectivity index (χ1n) is 30.5. The predicted octanol–water partition coefficient (Wildman–Crippen LogP) is 20.8. The monoisotopic (exact) mass is 1020 g/mol. The van der Waals surface area contributed by atoms with Crippen LogP contribution in [-0.4, -0.2) is 37.2 Å². The minimum Gasteiger partial charge on any atom is -0.462 e. The summed E-state index contributed by atoms with van der Waals surface area (Å²) in [6.45, 7) is 6.45. The first-order valence-corrected chi connectivity index (χ1v) is 30.5. The van der Waals surface area contributed by atoms with Gasteiger partial charge in [0.2, 0.25) is 0 Å². The number of ether oxygens (including phenoxy) is 3. The van der Waals surface area contributed by atoms with Crippen molar-refractivity contribution < 1.29 is 28.6 Å². The molecule has 420 valence electrons. The Morgan fingerprint density at radius 1 is 0.284 bits per heavy atom. The van der Waals surface area contributed by atoms with Gasteiger partial charge in [0.1, 0.15) is 13.2 Å². The van der Waals surface area contributed by atoms with Gasteiger partial charge in [-0.3, -0.25) is 14.4 Å². The maximum atomic E-state index is 12.8. The smallest absolute Gasteiger partial charge is 0.306 e. The highest BCUT2D eigenvalue weighted by molar-refractivity contribution is 5.71. The number of carbonyl (C=O) groups excluding carboxylic acids is 3. The Kier molecular flexibility index (Phi) is 57.9. The van der Waals surface area contributed by atoms with Crippen LogP contribution in [-0.2, 0) is 28.6 Å². The molecule has 1 unspecified atom stereocenters. The van der Waals surface area contributed by atoms with Crippen molar-refractivity contribution >= 4 is 17.9 Å². The number of esters is 3. The summed E-state index contributed by atoms with van der Waals surface area (Å²) in [7, 11) is 0. The van der Waals surface area contributed by atoms with Crippen LogP contribution in [0, 0.1) is 0 Å². The number of allylic oxidation sites excluding steroid dienone is 20. The molecule has 0 fully saturated rings. The summed E-state index contributed by atoms with van der Waals surface area (Å²) < 4.78 is 16.8.